The number of hydrogen-bond donors (Lipinski definition) is 1. The Bertz CT molecular complexity index is 778. The van der Waals surface area contributed by atoms with Crippen LogP contribution in [0.4, 0.5) is 0 Å². The average Bonchev–Trinajstić information content (AvgIpc) is 2.91. The van der Waals surface area contributed by atoms with E-state index in [1.807, 2.05) is 6.07 Å². The van der Waals surface area contributed by atoms with E-state index in [-0.39, 0.29) is 0 Å². The molecule has 119 valence electrons. The minimum atomic E-state index is 0.861. The van der Waals surface area contributed by atoms with E-state index >= 15 is 0 Å². The van der Waals surface area contributed by atoms with Crippen LogP contribution < -0.4 is 5.46 Å². The maximum absolute atomic E-state index is 9.29. The number of unbranched alkanes of at least 4 members (excludes halogenated alkanes) is 5. The van der Waals surface area contributed by atoms with Gasteiger partial charge in [0.2, 0.25) is 0 Å². The van der Waals surface area contributed by atoms with Gasteiger partial charge in [-0.1, -0.05) is 74.8 Å². The van der Waals surface area contributed by atoms with E-state index in [1.54, 1.807) is 0 Å². The van der Waals surface area contributed by atoms with Crippen molar-refractivity contribution in [1.82, 2.24) is 4.57 Å². The van der Waals surface area contributed by atoms with E-state index < -0.39 is 0 Å². The van der Waals surface area contributed by atoms with Gasteiger partial charge in [-0.2, -0.15) is 0 Å². The maximum atomic E-state index is 9.29. The van der Waals surface area contributed by atoms with Gasteiger partial charge in [-0.25, -0.2) is 0 Å². The first-order chi connectivity index (χ1) is 11.3. The summed E-state index contributed by atoms with van der Waals surface area (Å²) in [7, 11) is 1.18. The summed E-state index contributed by atoms with van der Waals surface area (Å²) in [6, 6.07) is 14.8. The van der Waals surface area contributed by atoms with E-state index in [0.717, 1.165) is 12.0 Å². The van der Waals surface area contributed by atoms with Crippen molar-refractivity contribution in [3.8, 4) is 0 Å². The fraction of sp³-hybridized carbons (Fsp3) is 0.400. The zero-order valence-corrected chi connectivity index (χ0v) is 14.0. The van der Waals surface area contributed by atoms with Gasteiger partial charge in [-0.05, 0) is 18.6 Å². The van der Waals surface area contributed by atoms with Crippen molar-refractivity contribution >= 4 is 34.8 Å². The highest BCUT2D eigenvalue weighted by molar-refractivity contribution is 6.46. The van der Waals surface area contributed by atoms with Crippen LogP contribution >= 0.6 is 0 Å². The normalized spacial score (nSPS) is 11.4. The highest BCUT2D eigenvalue weighted by atomic mass is 16.2. The van der Waals surface area contributed by atoms with Crippen molar-refractivity contribution in [2.45, 2.75) is 52.0 Å². The summed E-state index contributed by atoms with van der Waals surface area (Å²) in [5, 5.41) is 11.8. The van der Waals surface area contributed by atoms with Crippen molar-refractivity contribution in [1.29, 1.82) is 0 Å². The Labute approximate surface area is 139 Å². The molecule has 0 saturated heterocycles. The lowest BCUT2D eigenvalue weighted by atomic mass is 9.88. The van der Waals surface area contributed by atoms with E-state index in [0.29, 0.717) is 0 Å². The summed E-state index contributed by atoms with van der Waals surface area (Å²) in [6.45, 7) is 3.33. The van der Waals surface area contributed by atoms with Crippen LogP contribution in [0.25, 0.3) is 21.8 Å². The van der Waals surface area contributed by atoms with Gasteiger partial charge in [0.1, 0.15) is 0 Å². The van der Waals surface area contributed by atoms with E-state index in [9.17, 15) is 5.02 Å². The SMILES string of the molecule is CCCCCCCCn1c2ccccc2c2cc([B]O)ccc21. The Kier molecular flexibility index (Phi) is 5.40. The van der Waals surface area contributed by atoms with Gasteiger partial charge in [0.15, 0.2) is 0 Å². The largest absolute Gasteiger partial charge is 0.450 e. The fourth-order valence-corrected chi connectivity index (χ4v) is 3.44. The quantitative estimate of drug-likeness (QED) is 0.484. The van der Waals surface area contributed by atoms with Crippen LogP contribution in [0.5, 0.6) is 0 Å². The van der Waals surface area contributed by atoms with Gasteiger partial charge >= 0.3 is 7.48 Å². The summed E-state index contributed by atoms with van der Waals surface area (Å²) in [4.78, 5) is 0. The van der Waals surface area contributed by atoms with E-state index in [4.69, 9.17) is 0 Å². The lowest BCUT2D eigenvalue weighted by Gasteiger charge is -2.07. The number of aromatic nitrogens is 1. The monoisotopic (exact) mass is 306 g/mol. The molecular formula is C20H25BNO. The second kappa shape index (κ2) is 7.69. The molecule has 0 aliphatic heterocycles. The first-order valence-electron chi connectivity index (χ1n) is 8.83. The second-order valence-corrected chi connectivity index (χ2v) is 6.34. The molecule has 3 heteroatoms. The first-order valence-corrected chi connectivity index (χ1v) is 8.83. The highest BCUT2D eigenvalue weighted by Crippen LogP contribution is 2.28. The number of aryl methyl sites for hydroxylation is 1. The minimum Gasteiger partial charge on any atom is -0.450 e. The summed E-state index contributed by atoms with van der Waals surface area (Å²) in [5.74, 6) is 0. The number of nitrogens with zero attached hydrogens (tertiary/aromatic N) is 1. The molecule has 2 nitrogen and oxygen atoms in total. The van der Waals surface area contributed by atoms with Crippen molar-refractivity contribution < 1.29 is 5.02 Å². The lowest BCUT2D eigenvalue weighted by molar-refractivity contribution is 0.571. The molecule has 2 aromatic carbocycles. The molecular weight excluding hydrogens is 281 g/mol. The molecule has 0 amide bonds. The van der Waals surface area contributed by atoms with Crippen molar-refractivity contribution in [2.75, 3.05) is 0 Å². The van der Waals surface area contributed by atoms with Gasteiger partial charge in [0.25, 0.3) is 0 Å². The lowest BCUT2D eigenvalue weighted by Crippen LogP contribution is -2.12. The Morgan fingerprint density at radius 2 is 1.61 bits per heavy atom. The first kappa shape index (κ1) is 16.1. The molecule has 0 saturated carbocycles. The van der Waals surface area contributed by atoms with Crippen LogP contribution in [-0.4, -0.2) is 17.1 Å². The van der Waals surface area contributed by atoms with Gasteiger partial charge in [0.05, 0.1) is 0 Å². The molecule has 23 heavy (non-hydrogen) atoms. The molecule has 3 aromatic rings. The number of rotatable bonds is 8. The molecule has 0 bridgehead atoms. The van der Waals surface area contributed by atoms with E-state index in [1.165, 1.54) is 67.8 Å². The summed E-state index contributed by atoms with van der Waals surface area (Å²) in [5.41, 5.74) is 3.43. The van der Waals surface area contributed by atoms with Crippen LogP contribution in [0.3, 0.4) is 0 Å². The predicted octanol–water partition coefficient (Wildman–Crippen LogP) is 4.39. The number of benzene rings is 2. The summed E-state index contributed by atoms with van der Waals surface area (Å²) >= 11 is 0. The molecule has 0 spiro atoms. The fourth-order valence-electron chi connectivity index (χ4n) is 3.44. The molecule has 1 radical (unpaired) electrons. The van der Waals surface area contributed by atoms with Gasteiger partial charge in [-0.3, -0.25) is 0 Å². The predicted molar refractivity (Wildman–Crippen MR) is 100 cm³/mol. The van der Waals surface area contributed by atoms with Crippen LogP contribution in [0, 0.1) is 0 Å². The molecule has 1 aromatic heterocycles. The molecule has 0 unspecified atom stereocenters. The van der Waals surface area contributed by atoms with Crippen LogP contribution in [-0.2, 0) is 6.54 Å². The van der Waals surface area contributed by atoms with Crippen molar-refractivity contribution in [3.05, 3.63) is 42.5 Å². The second-order valence-electron chi connectivity index (χ2n) is 6.34. The van der Waals surface area contributed by atoms with Crippen molar-refractivity contribution in [2.24, 2.45) is 0 Å². The topological polar surface area (TPSA) is 25.2 Å². The molecule has 0 aliphatic carbocycles. The van der Waals surface area contributed by atoms with Crippen LogP contribution in [0.15, 0.2) is 42.5 Å². The highest BCUT2D eigenvalue weighted by Gasteiger charge is 2.10. The third-order valence-electron chi connectivity index (χ3n) is 4.68. The van der Waals surface area contributed by atoms with Gasteiger partial charge < -0.3 is 9.59 Å². The Hall–Kier alpha value is -1.74. The minimum absolute atomic E-state index is 0.861. The Morgan fingerprint density at radius 1 is 0.870 bits per heavy atom. The Morgan fingerprint density at radius 3 is 2.43 bits per heavy atom. The number of hydrogen-bond acceptors (Lipinski definition) is 1. The molecule has 1 N–H and O–H groups in total. The van der Waals surface area contributed by atoms with Crippen molar-refractivity contribution in [3.63, 3.8) is 0 Å². The zero-order valence-electron chi connectivity index (χ0n) is 14.0. The molecule has 0 fully saturated rings. The van der Waals surface area contributed by atoms with Crippen LogP contribution in [0.1, 0.15) is 45.4 Å². The third-order valence-corrected chi connectivity index (χ3v) is 4.68. The summed E-state index contributed by atoms with van der Waals surface area (Å²) in [6.07, 6.45) is 7.89. The third kappa shape index (κ3) is 3.45. The molecule has 0 aliphatic rings. The average molecular weight is 306 g/mol. The molecule has 1 heterocycles. The van der Waals surface area contributed by atoms with Crippen LogP contribution in [0.2, 0.25) is 0 Å². The van der Waals surface area contributed by atoms with Gasteiger partial charge in [0, 0.05) is 28.4 Å². The smallest absolute Gasteiger partial charge is 0.326 e. The van der Waals surface area contributed by atoms with E-state index in [2.05, 4.69) is 47.9 Å². The molecule has 0 atom stereocenters. The summed E-state index contributed by atoms with van der Waals surface area (Å²) < 4.78 is 2.44. The standard InChI is InChI=1S/C20H25BNO/c1-2-3-4-5-6-9-14-22-19-11-8-7-10-17(19)18-15-16(21-23)12-13-20(18)22/h7-8,10-13,15,23H,2-6,9,14H2,1H3. The zero-order chi connectivity index (χ0) is 16.1. The Balaban J connectivity index is 1.85. The maximum Gasteiger partial charge on any atom is 0.326 e. The number of fused-ring (bicyclic) bond motifs is 3. The van der Waals surface area contributed by atoms with Gasteiger partial charge in [-0.15, -0.1) is 0 Å². The molecule has 3 rings (SSSR count). The number of para-hydroxylation sites is 1.